The number of rotatable bonds is 6. The molecule has 2 aromatic carbocycles. The molecule has 0 aliphatic heterocycles. The summed E-state index contributed by atoms with van der Waals surface area (Å²) in [6.45, 7) is 0. The Kier molecular flexibility index (Phi) is 6.20. The number of hydrogen-bond acceptors (Lipinski definition) is 6. The average Bonchev–Trinajstić information content (AvgIpc) is 3.13. The first kappa shape index (κ1) is 20.2. The van der Waals surface area contributed by atoms with Gasteiger partial charge >= 0.3 is 6.18 Å². The quantitative estimate of drug-likeness (QED) is 0.439. The van der Waals surface area contributed by atoms with Crippen LogP contribution in [0.4, 0.5) is 18.3 Å². The van der Waals surface area contributed by atoms with E-state index in [0.29, 0.717) is 26.5 Å². The molecule has 0 spiro atoms. The third-order valence-electron chi connectivity index (χ3n) is 3.60. The maximum absolute atomic E-state index is 12.6. The maximum Gasteiger partial charge on any atom is 0.416 e. The molecule has 3 rings (SSSR count). The van der Waals surface area contributed by atoms with Gasteiger partial charge in [0, 0.05) is 11.3 Å². The van der Waals surface area contributed by atoms with Gasteiger partial charge in [-0.15, -0.1) is 10.2 Å². The van der Waals surface area contributed by atoms with Gasteiger partial charge in [0.2, 0.25) is 5.13 Å². The molecule has 28 heavy (non-hydrogen) atoms. The summed E-state index contributed by atoms with van der Waals surface area (Å²) in [5.41, 5.74) is 0.475. The minimum absolute atomic E-state index is 0.336. The SMILES string of the molecule is COc1cccc(C(=O)Nc2nnc(SCc3ccc(C(F)(F)F)cc3)s2)c1. The van der Waals surface area contributed by atoms with Gasteiger partial charge in [-0.3, -0.25) is 10.1 Å². The Labute approximate surface area is 166 Å². The van der Waals surface area contributed by atoms with E-state index < -0.39 is 11.7 Å². The summed E-state index contributed by atoms with van der Waals surface area (Å²) in [6.07, 6.45) is -4.35. The number of amides is 1. The summed E-state index contributed by atoms with van der Waals surface area (Å²) in [6, 6.07) is 11.7. The number of benzene rings is 2. The highest BCUT2D eigenvalue weighted by Gasteiger charge is 2.29. The van der Waals surface area contributed by atoms with Gasteiger partial charge in [-0.05, 0) is 35.9 Å². The summed E-state index contributed by atoms with van der Waals surface area (Å²) in [5.74, 6) is 0.670. The summed E-state index contributed by atoms with van der Waals surface area (Å²) >= 11 is 2.52. The smallest absolute Gasteiger partial charge is 0.416 e. The van der Waals surface area contributed by atoms with Crippen LogP contribution in [0.2, 0.25) is 0 Å². The van der Waals surface area contributed by atoms with Gasteiger partial charge in [0.25, 0.3) is 5.91 Å². The van der Waals surface area contributed by atoms with Crippen LogP contribution in [-0.4, -0.2) is 23.2 Å². The Bertz CT molecular complexity index is 959. The first-order valence-corrected chi connectivity index (χ1v) is 9.73. The van der Waals surface area contributed by atoms with E-state index in [9.17, 15) is 18.0 Å². The molecule has 0 aliphatic rings. The van der Waals surface area contributed by atoms with Crippen LogP contribution >= 0.6 is 23.1 Å². The molecule has 0 radical (unpaired) electrons. The number of methoxy groups -OCH3 is 1. The summed E-state index contributed by atoms with van der Waals surface area (Å²) in [5, 5.41) is 10.9. The van der Waals surface area contributed by atoms with Crippen molar-refractivity contribution < 1.29 is 22.7 Å². The second-order valence-corrected chi connectivity index (χ2v) is 7.74. The van der Waals surface area contributed by atoms with Crippen molar-refractivity contribution in [2.24, 2.45) is 0 Å². The highest BCUT2D eigenvalue weighted by atomic mass is 32.2. The van der Waals surface area contributed by atoms with Crippen molar-refractivity contribution in [3.63, 3.8) is 0 Å². The standard InChI is InChI=1S/C18H14F3N3O2S2/c1-26-14-4-2-3-12(9-14)15(25)22-16-23-24-17(28-16)27-10-11-5-7-13(8-6-11)18(19,20)21/h2-9H,10H2,1H3,(H,22,23,25). The maximum atomic E-state index is 12.6. The van der Waals surface area contributed by atoms with Crippen molar-refractivity contribution in [2.75, 3.05) is 12.4 Å². The Morgan fingerprint density at radius 1 is 1.18 bits per heavy atom. The fourth-order valence-corrected chi connectivity index (χ4v) is 3.89. The number of aromatic nitrogens is 2. The number of nitrogens with zero attached hydrogens (tertiary/aromatic N) is 2. The fourth-order valence-electron chi connectivity index (χ4n) is 2.19. The van der Waals surface area contributed by atoms with Gasteiger partial charge < -0.3 is 4.74 Å². The average molecular weight is 425 g/mol. The summed E-state index contributed by atoms with van der Waals surface area (Å²) in [7, 11) is 1.52. The summed E-state index contributed by atoms with van der Waals surface area (Å²) < 4.78 is 43.4. The highest BCUT2D eigenvalue weighted by molar-refractivity contribution is 8.00. The van der Waals surface area contributed by atoms with E-state index in [1.54, 1.807) is 24.3 Å². The van der Waals surface area contributed by atoms with Crippen molar-refractivity contribution in [1.82, 2.24) is 10.2 Å². The molecule has 0 atom stereocenters. The van der Waals surface area contributed by atoms with Gasteiger partial charge in [0.05, 0.1) is 12.7 Å². The molecule has 1 N–H and O–H groups in total. The molecule has 1 aromatic heterocycles. The van der Waals surface area contributed by atoms with Crippen molar-refractivity contribution in [1.29, 1.82) is 0 Å². The predicted octanol–water partition coefficient (Wildman–Crippen LogP) is 5.11. The van der Waals surface area contributed by atoms with Gasteiger partial charge in [-0.25, -0.2) is 0 Å². The zero-order valence-corrected chi connectivity index (χ0v) is 16.1. The Hall–Kier alpha value is -2.59. The van der Waals surface area contributed by atoms with E-state index >= 15 is 0 Å². The van der Waals surface area contributed by atoms with Crippen LogP contribution in [0.1, 0.15) is 21.5 Å². The number of halogens is 3. The van der Waals surface area contributed by atoms with E-state index in [1.807, 2.05) is 0 Å². The fraction of sp³-hybridized carbons (Fsp3) is 0.167. The number of thioether (sulfide) groups is 1. The van der Waals surface area contributed by atoms with Crippen molar-refractivity contribution >= 4 is 34.1 Å². The normalized spacial score (nSPS) is 11.3. The third-order valence-corrected chi connectivity index (χ3v) is 5.65. The van der Waals surface area contributed by atoms with Crippen molar-refractivity contribution in [2.45, 2.75) is 16.3 Å². The Balaban J connectivity index is 1.57. The van der Waals surface area contributed by atoms with Crippen LogP contribution in [0.5, 0.6) is 5.75 Å². The van der Waals surface area contributed by atoms with E-state index in [-0.39, 0.29) is 5.91 Å². The molecule has 1 heterocycles. The molecule has 3 aromatic rings. The summed E-state index contributed by atoms with van der Waals surface area (Å²) in [4.78, 5) is 12.3. The number of alkyl halides is 3. The number of carbonyl (C=O) groups excluding carboxylic acids is 1. The zero-order chi connectivity index (χ0) is 20.1. The second kappa shape index (κ2) is 8.61. The molecule has 0 bridgehead atoms. The lowest BCUT2D eigenvalue weighted by Gasteiger charge is -2.06. The first-order valence-electron chi connectivity index (χ1n) is 7.93. The highest BCUT2D eigenvalue weighted by Crippen LogP contribution is 2.31. The minimum atomic E-state index is -4.35. The van der Waals surface area contributed by atoms with E-state index in [4.69, 9.17) is 4.74 Å². The Morgan fingerprint density at radius 3 is 2.61 bits per heavy atom. The monoisotopic (exact) mass is 425 g/mol. The van der Waals surface area contributed by atoms with Crippen LogP contribution in [0.3, 0.4) is 0 Å². The largest absolute Gasteiger partial charge is 0.497 e. The predicted molar refractivity (Wildman–Crippen MR) is 102 cm³/mol. The van der Waals surface area contributed by atoms with Gasteiger partial charge in [-0.2, -0.15) is 13.2 Å². The van der Waals surface area contributed by atoms with Crippen molar-refractivity contribution in [3.05, 3.63) is 65.2 Å². The third kappa shape index (κ3) is 5.23. The number of ether oxygens (including phenoxy) is 1. The van der Waals surface area contributed by atoms with Gasteiger partial charge in [-0.1, -0.05) is 41.3 Å². The lowest BCUT2D eigenvalue weighted by Crippen LogP contribution is -2.11. The molecule has 10 heteroatoms. The number of hydrogen-bond donors (Lipinski definition) is 1. The molecule has 0 unspecified atom stereocenters. The van der Waals surface area contributed by atoms with Gasteiger partial charge in [0.15, 0.2) is 4.34 Å². The molecule has 0 fully saturated rings. The van der Waals surface area contributed by atoms with E-state index in [0.717, 1.165) is 17.7 Å². The second-order valence-electron chi connectivity index (χ2n) is 5.54. The minimum Gasteiger partial charge on any atom is -0.497 e. The molecule has 5 nitrogen and oxygen atoms in total. The van der Waals surface area contributed by atoms with Crippen LogP contribution in [-0.2, 0) is 11.9 Å². The lowest BCUT2D eigenvalue weighted by atomic mass is 10.1. The molecule has 0 saturated carbocycles. The number of carbonyl (C=O) groups is 1. The molecule has 146 valence electrons. The first-order chi connectivity index (χ1) is 13.3. The van der Waals surface area contributed by atoms with E-state index in [2.05, 4.69) is 15.5 Å². The molecule has 1 amide bonds. The van der Waals surface area contributed by atoms with E-state index in [1.165, 1.54) is 42.3 Å². The van der Waals surface area contributed by atoms with Crippen LogP contribution < -0.4 is 10.1 Å². The number of anilines is 1. The van der Waals surface area contributed by atoms with Crippen LogP contribution in [0.25, 0.3) is 0 Å². The molecular weight excluding hydrogens is 411 g/mol. The van der Waals surface area contributed by atoms with Crippen LogP contribution in [0, 0.1) is 0 Å². The molecule has 0 saturated heterocycles. The number of nitrogens with one attached hydrogen (secondary N) is 1. The lowest BCUT2D eigenvalue weighted by molar-refractivity contribution is -0.137. The zero-order valence-electron chi connectivity index (χ0n) is 14.5. The van der Waals surface area contributed by atoms with Gasteiger partial charge in [0.1, 0.15) is 5.75 Å². The van der Waals surface area contributed by atoms with Crippen molar-refractivity contribution in [3.8, 4) is 5.75 Å². The van der Waals surface area contributed by atoms with Crippen LogP contribution in [0.15, 0.2) is 52.9 Å². The Morgan fingerprint density at radius 2 is 1.93 bits per heavy atom. The topological polar surface area (TPSA) is 64.1 Å². The molecule has 0 aliphatic carbocycles. The molecular formula is C18H14F3N3O2S2.